The van der Waals surface area contributed by atoms with E-state index in [-0.39, 0.29) is 51.4 Å². The van der Waals surface area contributed by atoms with Crippen LogP contribution in [0.3, 0.4) is 0 Å². The summed E-state index contributed by atoms with van der Waals surface area (Å²) in [5.74, 6) is -40.2. The molecule has 0 saturated heterocycles. The Hall–Kier alpha value is 0.426. The fraction of sp³-hybridized carbons (Fsp3) is 1.00. The van der Waals surface area contributed by atoms with Gasteiger partial charge >= 0.3 is 92.4 Å². The molecule has 1 atom stereocenters. The van der Waals surface area contributed by atoms with Crippen LogP contribution in [0, 0.1) is 0 Å². The van der Waals surface area contributed by atoms with Gasteiger partial charge < -0.3 is 4.55 Å². The van der Waals surface area contributed by atoms with Crippen LogP contribution < -0.4 is 51.4 Å². The van der Waals surface area contributed by atoms with Crippen molar-refractivity contribution < 1.29 is 135 Å². The Morgan fingerprint density at radius 1 is 0.656 bits per heavy atom. The van der Waals surface area contributed by atoms with Gasteiger partial charge in [-0.05, 0) is 12.8 Å². The summed E-state index contributed by atoms with van der Waals surface area (Å²) < 4.78 is 237. The molecule has 32 heavy (non-hydrogen) atoms. The second-order valence-corrected chi connectivity index (χ2v) is 7.29. The first-order valence-corrected chi connectivity index (χ1v) is 8.47. The van der Waals surface area contributed by atoms with E-state index in [1.165, 1.54) is 0 Å². The Balaban J connectivity index is 0. The average Bonchev–Trinajstić information content (AvgIpc) is 2.51. The molecule has 0 saturated carbocycles. The van der Waals surface area contributed by atoms with Crippen molar-refractivity contribution in [2.24, 2.45) is 0 Å². The predicted molar refractivity (Wildman–Crippen MR) is 64.2 cm³/mol. The molecule has 0 aromatic rings. The van der Waals surface area contributed by atoms with E-state index < -0.39 is 76.6 Å². The number of rotatable bonds is 10. The van der Waals surface area contributed by atoms with Crippen molar-refractivity contribution in [1.82, 2.24) is 0 Å². The summed E-state index contributed by atoms with van der Waals surface area (Å²) in [6.45, 7) is 0. The molecule has 0 fully saturated rings. The minimum Gasteiger partial charge on any atom is -0.743 e. The van der Waals surface area contributed by atoms with Gasteiger partial charge in [0.15, 0.2) is 16.3 Å². The molecule has 0 aromatic heterocycles. The van der Waals surface area contributed by atoms with Crippen molar-refractivity contribution in [1.29, 1.82) is 0 Å². The van der Waals surface area contributed by atoms with E-state index in [4.69, 9.17) is 0 Å². The van der Waals surface area contributed by atoms with Crippen LogP contribution in [0.15, 0.2) is 0 Å². The van der Waals surface area contributed by atoms with Crippen molar-refractivity contribution in [2.45, 2.75) is 66.5 Å². The Morgan fingerprint density at radius 2 is 1.00 bits per heavy atom. The van der Waals surface area contributed by atoms with Gasteiger partial charge in [-0.3, -0.25) is 0 Å². The summed E-state index contributed by atoms with van der Waals surface area (Å²) in [6.07, 6.45) is -16.3. The molecule has 0 spiro atoms. The number of hydrogen-bond donors (Lipinski definition) is 0. The Labute approximate surface area is 210 Å². The van der Waals surface area contributed by atoms with E-state index in [0.717, 1.165) is 0 Å². The number of halogens is 16. The van der Waals surface area contributed by atoms with Gasteiger partial charge in [0.05, 0.1) is 0 Å². The standard InChI is InChI=1S/C11H8F16O3S.K/c12-4(2-1-3-5(13,14)15)6(16,17)7(18,19)8(20,21)9(22,23)10(24,25)11(26,27)31(28,29)30;/h4H,1-3H2,(H,28,29,30);/q;+1/p-1. The summed E-state index contributed by atoms with van der Waals surface area (Å²) in [5, 5.41) is -7.75. The molecule has 3 nitrogen and oxygen atoms in total. The molecule has 0 aliphatic heterocycles. The molecule has 188 valence electrons. The summed E-state index contributed by atoms with van der Waals surface area (Å²) in [7, 11) is -7.99. The van der Waals surface area contributed by atoms with E-state index in [2.05, 4.69) is 0 Å². The van der Waals surface area contributed by atoms with Crippen LogP contribution in [-0.4, -0.2) is 60.2 Å². The summed E-state index contributed by atoms with van der Waals surface area (Å²) in [5.41, 5.74) is 0. The predicted octanol–water partition coefficient (Wildman–Crippen LogP) is 2.38. The Morgan fingerprint density at radius 3 is 1.31 bits per heavy atom. The smallest absolute Gasteiger partial charge is 0.743 e. The van der Waals surface area contributed by atoms with E-state index >= 15 is 0 Å². The van der Waals surface area contributed by atoms with Crippen molar-refractivity contribution in [3.63, 3.8) is 0 Å². The van der Waals surface area contributed by atoms with Gasteiger partial charge in [0.25, 0.3) is 0 Å². The van der Waals surface area contributed by atoms with Crippen LogP contribution in [0.5, 0.6) is 0 Å². The zero-order chi connectivity index (χ0) is 25.7. The molecule has 0 aliphatic carbocycles. The summed E-state index contributed by atoms with van der Waals surface area (Å²) >= 11 is 0. The van der Waals surface area contributed by atoms with E-state index in [0.29, 0.717) is 0 Å². The molecule has 0 aromatic carbocycles. The Bertz CT molecular complexity index is 747. The van der Waals surface area contributed by atoms with Crippen LogP contribution in [0.2, 0.25) is 0 Å². The van der Waals surface area contributed by atoms with Gasteiger partial charge in [-0.1, -0.05) is 0 Å². The molecular formula is C11H7F16KO3S. The largest absolute Gasteiger partial charge is 1.00 e. The van der Waals surface area contributed by atoms with Gasteiger partial charge in [-0.2, -0.15) is 65.9 Å². The van der Waals surface area contributed by atoms with Gasteiger partial charge in [0.1, 0.15) is 0 Å². The monoisotopic (exact) mass is 562 g/mol. The van der Waals surface area contributed by atoms with Crippen LogP contribution in [0.1, 0.15) is 19.3 Å². The zero-order valence-electron chi connectivity index (χ0n) is 14.9. The van der Waals surface area contributed by atoms with Gasteiger partial charge in [0, 0.05) is 6.42 Å². The second kappa shape index (κ2) is 9.82. The third-order valence-corrected chi connectivity index (χ3v) is 4.48. The quantitative estimate of drug-likeness (QED) is 0.234. The molecule has 0 N–H and O–H groups in total. The van der Waals surface area contributed by atoms with Crippen molar-refractivity contribution in [3.8, 4) is 0 Å². The molecular weight excluding hydrogens is 555 g/mol. The van der Waals surface area contributed by atoms with Crippen LogP contribution in [-0.2, 0) is 10.1 Å². The molecule has 0 bridgehead atoms. The average molecular weight is 562 g/mol. The Kier molecular flexibility index (Phi) is 10.6. The van der Waals surface area contributed by atoms with Crippen LogP contribution in [0.4, 0.5) is 70.2 Å². The first kappa shape index (κ1) is 34.6. The molecule has 0 heterocycles. The maximum absolute atomic E-state index is 13.4. The molecule has 0 amide bonds. The topological polar surface area (TPSA) is 57.2 Å². The normalized spacial score (nSPS) is 16.5. The van der Waals surface area contributed by atoms with Gasteiger partial charge in [0.2, 0.25) is 0 Å². The SMILES string of the molecule is O=S(=O)([O-])C(F)(F)C(F)(F)C(F)(F)C(F)(F)C(F)(F)C(F)(F)C(F)CCCC(F)(F)F.[K+]. The van der Waals surface area contributed by atoms with E-state index in [1.54, 1.807) is 0 Å². The first-order valence-electron chi connectivity index (χ1n) is 7.06. The summed E-state index contributed by atoms with van der Waals surface area (Å²) in [4.78, 5) is 0. The molecule has 0 radical (unpaired) electrons. The third-order valence-electron chi connectivity index (χ3n) is 3.59. The minimum atomic E-state index is -8.43. The van der Waals surface area contributed by atoms with Crippen LogP contribution >= 0.6 is 0 Å². The van der Waals surface area contributed by atoms with Crippen molar-refractivity contribution in [2.75, 3.05) is 0 Å². The molecule has 0 rings (SSSR count). The number of hydrogen-bond acceptors (Lipinski definition) is 3. The fourth-order valence-corrected chi connectivity index (χ4v) is 2.25. The number of alkyl halides is 16. The van der Waals surface area contributed by atoms with Crippen molar-refractivity contribution in [3.05, 3.63) is 0 Å². The van der Waals surface area contributed by atoms with Gasteiger partial charge in [-0.25, -0.2) is 12.8 Å². The zero-order valence-corrected chi connectivity index (χ0v) is 18.8. The maximum atomic E-state index is 13.4. The van der Waals surface area contributed by atoms with Crippen LogP contribution in [0.25, 0.3) is 0 Å². The van der Waals surface area contributed by atoms with Gasteiger partial charge in [-0.15, -0.1) is 0 Å². The fourth-order valence-electron chi connectivity index (χ4n) is 1.80. The molecule has 1 unspecified atom stereocenters. The van der Waals surface area contributed by atoms with Crippen molar-refractivity contribution >= 4 is 10.1 Å². The van der Waals surface area contributed by atoms with E-state index in [1.807, 2.05) is 0 Å². The first-order chi connectivity index (χ1) is 13.1. The molecule has 0 aliphatic rings. The third kappa shape index (κ3) is 5.80. The van der Waals surface area contributed by atoms with E-state index in [9.17, 15) is 83.2 Å². The summed E-state index contributed by atoms with van der Waals surface area (Å²) in [6, 6.07) is 0. The second-order valence-electron chi connectivity index (χ2n) is 5.87. The molecule has 21 heteroatoms. The minimum absolute atomic E-state index is 0. The maximum Gasteiger partial charge on any atom is 1.00 e.